The summed E-state index contributed by atoms with van der Waals surface area (Å²) in [5.41, 5.74) is 3.67. The van der Waals surface area contributed by atoms with Crippen LogP contribution in [0.15, 0.2) is 78.9 Å². The van der Waals surface area contributed by atoms with Gasteiger partial charge in [0.05, 0.1) is 19.1 Å². The molecule has 208 valence electrons. The number of fused-ring (bicyclic) bond motifs is 1. The zero-order chi connectivity index (χ0) is 28.6. The molecule has 0 saturated carbocycles. The SMILES string of the molecule is CC(=O)c1cccc(NC(=O)N[C@H](C(=O)N2Cc3ccccc3C[C@@H]2CC(=O)O)[C@@H](C)OCc2ccccc2)c1. The minimum Gasteiger partial charge on any atom is -0.481 e. The molecule has 9 heteroatoms. The molecule has 40 heavy (non-hydrogen) atoms. The Bertz CT molecular complexity index is 1380. The van der Waals surface area contributed by atoms with Gasteiger partial charge in [0.25, 0.3) is 0 Å². The molecule has 0 spiro atoms. The third-order valence-corrected chi connectivity index (χ3v) is 6.95. The molecular formula is C31H33N3O6. The summed E-state index contributed by atoms with van der Waals surface area (Å²) in [6.45, 7) is 3.58. The standard InChI is InChI=1S/C31H33N3O6/c1-20(35)23-13-8-14-26(15-23)32-31(39)33-29(21(2)40-19-22-9-4-3-5-10-22)30(38)34-18-25-12-7-6-11-24(25)16-27(34)17-28(36)37/h3-15,21,27,29H,16-19H2,1-2H3,(H,36,37)(H2,32,33,39)/t21-,27-,29+/m1/s1. The van der Waals surface area contributed by atoms with E-state index in [0.29, 0.717) is 17.7 Å². The predicted octanol–water partition coefficient (Wildman–Crippen LogP) is 4.41. The van der Waals surface area contributed by atoms with E-state index in [0.717, 1.165) is 16.7 Å². The van der Waals surface area contributed by atoms with E-state index < -0.39 is 36.1 Å². The van der Waals surface area contributed by atoms with Crippen molar-refractivity contribution < 1.29 is 29.0 Å². The number of nitrogens with zero attached hydrogens (tertiary/aromatic N) is 1. The van der Waals surface area contributed by atoms with Crippen LogP contribution in [0.3, 0.4) is 0 Å². The van der Waals surface area contributed by atoms with Crippen molar-refractivity contribution in [3.05, 3.63) is 101 Å². The number of hydrogen-bond donors (Lipinski definition) is 3. The quantitative estimate of drug-likeness (QED) is 0.325. The number of carbonyl (C=O) groups is 4. The number of ether oxygens (including phenoxy) is 1. The highest BCUT2D eigenvalue weighted by Gasteiger charge is 2.38. The monoisotopic (exact) mass is 543 g/mol. The summed E-state index contributed by atoms with van der Waals surface area (Å²) in [4.78, 5) is 52.1. The van der Waals surface area contributed by atoms with Crippen LogP contribution in [0.2, 0.25) is 0 Å². The Hall–Kier alpha value is -4.50. The van der Waals surface area contributed by atoms with Crippen LogP contribution in [0.25, 0.3) is 0 Å². The molecule has 1 aliphatic rings. The fourth-order valence-corrected chi connectivity index (χ4v) is 4.81. The Labute approximate surface area is 233 Å². The number of carboxylic acids is 1. The van der Waals surface area contributed by atoms with Crippen LogP contribution in [-0.2, 0) is 33.9 Å². The molecule has 0 unspecified atom stereocenters. The lowest BCUT2D eigenvalue weighted by Crippen LogP contribution is -2.58. The number of carboxylic acid groups (broad SMARTS) is 1. The van der Waals surface area contributed by atoms with Crippen molar-refractivity contribution in [1.82, 2.24) is 10.2 Å². The molecule has 0 saturated heterocycles. The second-order valence-corrected chi connectivity index (χ2v) is 9.91. The lowest BCUT2D eigenvalue weighted by Gasteiger charge is -2.39. The van der Waals surface area contributed by atoms with Gasteiger partial charge in [-0.05, 0) is 49.1 Å². The highest BCUT2D eigenvalue weighted by atomic mass is 16.5. The summed E-state index contributed by atoms with van der Waals surface area (Å²) in [5, 5.41) is 15.0. The first-order chi connectivity index (χ1) is 19.2. The minimum absolute atomic E-state index is 0.144. The van der Waals surface area contributed by atoms with Gasteiger partial charge in [-0.15, -0.1) is 0 Å². The summed E-state index contributed by atoms with van der Waals surface area (Å²) in [6.07, 6.45) is -0.579. The van der Waals surface area contributed by atoms with E-state index in [9.17, 15) is 24.3 Å². The zero-order valence-corrected chi connectivity index (χ0v) is 22.5. The molecule has 0 fully saturated rings. The average molecular weight is 544 g/mol. The van der Waals surface area contributed by atoms with Crippen LogP contribution in [0.5, 0.6) is 0 Å². The van der Waals surface area contributed by atoms with Crippen LogP contribution in [-0.4, -0.2) is 51.9 Å². The van der Waals surface area contributed by atoms with Crippen molar-refractivity contribution in [2.75, 3.05) is 5.32 Å². The number of Topliss-reactive ketones (excluding diaryl/α,β-unsaturated/α-hetero) is 1. The Morgan fingerprint density at radius 1 is 0.975 bits per heavy atom. The largest absolute Gasteiger partial charge is 0.481 e. The number of aliphatic carboxylic acids is 1. The average Bonchev–Trinajstić information content (AvgIpc) is 2.94. The molecule has 1 heterocycles. The first kappa shape index (κ1) is 28.5. The van der Waals surface area contributed by atoms with Crippen LogP contribution < -0.4 is 10.6 Å². The first-order valence-electron chi connectivity index (χ1n) is 13.1. The van der Waals surface area contributed by atoms with Crippen molar-refractivity contribution in [2.45, 2.75) is 58.0 Å². The normalized spacial score (nSPS) is 15.8. The maximum atomic E-state index is 14.0. The number of anilines is 1. The smallest absolute Gasteiger partial charge is 0.319 e. The van der Waals surface area contributed by atoms with Gasteiger partial charge < -0.3 is 25.4 Å². The van der Waals surface area contributed by atoms with Crippen molar-refractivity contribution in [3.63, 3.8) is 0 Å². The Balaban J connectivity index is 1.57. The van der Waals surface area contributed by atoms with Crippen LogP contribution in [0.1, 0.15) is 47.3 Å². The second kappa shape index (κ2) is 13.0. The number of hydrogen-bond acceptors (Lipinski definition) is 5. The van der Waals surface area contributed by atoms with Gasteiger partial charge in [0.2, 0.25) is 5.91 Å². The molecular weight excluding hydrogens is 510 g/mol. The molecule has 3 aromatic carbocycles. The lowest BCUT2D eigenvalue weighted by molar-refractivity contribution is -0.144. The Morgan fingerprint density at radius 3 is 2.38 bits per heavy atom. The summed E-state index contributed by atoms with van der Waals surface area (Å²) < 4.78 is 6.04. The molecule has 1 aliphatic heterocycles. The van der Waals surface area contributed by atoms with Gasteiger partial charge in [-0.2, -0.15) is 0 Å². The molecule has 3 aromatic rings. The summed E-state index contributed by atoms with van der Waals surface area (Å²) >= 11 is 0. The van der Waals surface area contributed by atoms with Crippen LogP contribution >= 0.6 is 0 Å². The van der Waals surface area contributed by atoms with Gasteiger partial charge in [0.1, 0.15) is 6.04 Å². The highest BCUT2D eigenvalue weighted by molar-refractivity contribution is 5.98. The third kappa shape index (κ3) is 7.33. The lowest BCUT2D eigenvalue weighted by atomic mass is 9.91. The van der Waals surface area contributed by atoms with Gasteiger partial charge in [-0.1, -0.05) is 66.7 Å². The zero-order valence-electron chi connectivity index (χ0n) is 22.5. The number of amides is 3. The number of carbonyl (C=O) groups excluding carboxylic acids is 3. The van der Waals surface area contributed by atoms with E-state index in [1.54, 1.807) is 31.2 Å². The van der Waals surface area contributed by atoms with Gasteiger partial charge >= 0.3 is 12.0 Å². The van der Waals surface area contributed by atoms with E-state index >= 15 is 0 Å². The fourth-order valence-electron chi connectivity index (χ4n) is 4.81. The highest BCUT2D eigenvalue weighted by Crippen LogP contribution is 2.26. The molecule has 4 rings (SSSR count). The second-order valence-electron chi connectivity index (χ2n) is 9.91. The number of rotatable bonds is 10. The maximum Gasteiger partial charge on any atom is 0.319 e. The van der Waals surface area contributed by atoms with Gasteiger partial charge in [0, 0.05) is 23.8 Å². The van der Waals surface area contributed by atoms with E-state index in [4.69, 9.17) is 4.74 Å². The predicted molar refractivity (Wildman–Crippen MR) is 150 cm³/mol. The molecule has 0 radical (unpaired) electrons. The van der Waals surface area contributed by atoms with E-state index in [1.165, 1.54) is 11.8 Å². The number of ketones is 1. The Morgan fingerprint density at radius 2 is 1.68 bits per heavy atom. The third-order valence-electron chi connectivity index (χ3n) is 6.95. The van der Waals surface area contributed by atoms with Gasteiger partial charge in [-0.25, -0.2) is 4.79 Å². The Kier molecular flexibility index (Phi) is 9.29. The van der Waals surface area contributed by atoms with Crippen molar-refractivity contribution in [3.8, 4) is 0 Å². The van der Waals surface area contributed by atoms with E-state index in [-0.39, 0.29) is 25.4 Å². The molecule has 3 N–H and O–H groups in total. The van der Waals surface area contributed by atoms with Crippen molar-refractivity contribution in [1.29, 1.82) is 0 Å². The molecule has 3 atom stereocenters. The number of nitrogens with one attached hydrogen (secondary N) is 2. The van der Waals surface area contributed by atoms with E-state index in [1.807, 2.05) is 54.6 Å². The topological polar surface area (TPSA) is 125 Å². The van der Waals surface area contributed by atoms with Crippen molar-refractivity contribution >= 4 is 29.4 Å². The fraction of sp³-hybridized carbons (Fsp3) is 0.290. The van der Waals surface area contributed by atoms with Gasteiger partial charge in [0.15, 0.2) is 5.78 Å². The van der Waals surface area contributed by atoms with Crippen LogP contribution in [0, 0.1) is 0 Å². The number of urea groups is 1. The number of benzene rings is 3. The molecule has 0 aliphatic carbocycles. The summed E-state index contributed by atoms with van der Waals surface area (Å²) in [5.74, 6) is -1.59. The minimum atomic E-state index is -1.11. The maximum absolute atomic E-state index is 14.0. The van der Waals surface area contributed by atoms with E-state index in [2.05, 4.69) is 10.6 Å². The molecule has 3 amide bonds. The molecule has 0 aromatic heterocycles. The summed E-state index contributed by atoms with van der Waals surface area (Å²) in [6, 6.07) is 21.2. The summed E-state index contributed by atoms with van der Waals surface area (Å²) in [7, 11) is 0. The van der Waals surface area contributed by atoms with Crippen LogP contribution in [0.4, 0.5) is 10.5 Å². The first-order valence-corrected chi connectivity index (χ1v) is 13.1. The van der Waals surface area contributed by atoms with Gasteiger partial charge in [-0.3, -0.25) is 14.4 Å². The molecule has 9 nitrogen and oxygen atoms in total. The molecule has 0 bridgehead atoms. The van der Waals surface area contributed by atoms with Crippen molar-refractivity contribution in [2.24, 2.45) is 0 Å².